The van der Waals surface area contributed by atoms with Gasteiger partial charge in [0.15, 0.2) is 11.5 Å². The molecule has 2 aliphatic rings. The van der Waals surface area contributed by atoms with Gasteiger partial charge in [-0.25, -0.2) is 19.5 Å². The van der Waals surface area contributed by atoms with Crippen molar-refractivity contribution in [3.63, 3.8) is 0 Å². The minimum absolute atomic E-state index is 0.304. The van der Waals surface area contributed by atoms with Gasteiger partial charge in [0.2, 0.25) is 5.95 Å². The van der Waals surface area contributed by atoms with E-state index in [9.17, 15) is 4.79 Å². The fourth-order valence-corrected chi connectivity index (χ4v) is 5.26. The van der Waals surface area contributed by atoms with Crippen LogP contribution in [0.1, 0.15) is 24.3 Å². The highest BCUT2D eigenvalue weighted by Gasteiger charge is 2.23. The minimum atomic E-state index is -0.304. The van der Waals surface area contributed by atoms with E-state index in [0.29, 0.717) is 52.5 Å². The van der Waals surface area contributed by atoms with Crippen LogP contribution >= 0.6 is 0 Å². The third kappa shape index (κ3) is 4.25. The van der Waals surface area contributed by atoms with Crippen molar-refractivity contribution in [3.8, 4) is 17.3 Å². The summed E-state index contributed by atoms with van der Waals surface area (Å²) in [6, 6.07) is 10.1. The number of likely N-dealkylation sites (N-methyl/N-ethyl adjacent to an activating group) is 1. The molecule has 1 saturated heterocycles. The third-order valence-electron chi connectivity index (χ3n) is 7.25. The number of aryl methyl sites for hydroxylation is 1. The maximum Gasteiger partial charge on any atom is 0.275 e. The molecule has 1 aromatic carbocycles. The SMILES string of the molecule is CN1CCC(c2ccc(Nc3ncc4cc(-c5nccn5-c5nnn(C)n5)c(=O)n(C5=NC=CC5)c4n3)cc2)C1. The smallest absolute Gasteiger partial charge is 0.275 e. The van der Waals surface area contributed by atoms with Crippen LogP contribution in [0.3, 0.4) is 0 Å². The average Bonchev–Trinajstić information content (AvgIpc) is 3.77. The summed E-state index contributed by atoms with van der Waals surface area (Å²) in [5.41, 5.74) is 2.70. The van der Waals surface area contributed by atoms with Crippen LogP contribution in [-0.4, -0.2) is 75.2 Å². The number of nitrogens with zero attached hydrogens (tertiary/aromatic N) is 11. The Labute approximate surface area is 228 Å². The topological polar surface area (TPSA) is 137 Å². The maximum atomic E-state index is 14.0. The van der Waals surface area contributed by atoms with Gasteiger partial charge in [-0.3, -0.25) is 9.36 Å². The highest BCUT2D eigenvalue weighted by Crippen LogP contribution is 2.28. The van der Waals surface area contributed by atoms with Crippen LogP contribution in [0.25, 0.3) is 28.4 Å². The van der Waals surface area contributed by atoms with E-state index in [0.717, 1.165) is 18.8 Å². The molecule has 13 heteroatoms. The summed E-state index contributed by atoms with van der Waals surface area (Å²) < 4.78 is 3.15. The van der Waals surface area contributed by atoms with Crippen LogP contribution in [0.2, 0.25) is 0 Å². The molecule has 0 amide bonds. The van der Waals surface area contributed by atoms with E-state index >= 15 is 0 Å². The molecule has 2 aliphatic heterocycles. The average molecular weight is 535 g/mol. The van der Waals surface area contributed by atoms with Crippen LogP contribution in [0.15, 0.2) is 71.0 Å². The number of allylic oxidation sites excluding steroid dienone is 1. The molecule has 0 aliphatic carbocycles. The zero-order valence-corrected chi connectivity index (χ0v) is 22.0. The molecule has 7 rings (SSSR count). The van der Waals surface area contributed by atoms with E-state index in [1.54, 1.807) is 42.5 Å². The van der Waals surface area contributed by atoms with Gasteiger partial charge < -0.3 is 10.2 Å². The zero-order valence-electron chi connectivity index (χ0n) is 22.0. The summed E-state index contributed by atoms with van der Waals surface area (Å²) in [7, 11) is 3.83. The zero-order chi connectivity index (χ0) is 27.2. The van der Waals surface area contributed by atoms with E-state index in [1.807, 2.05) is 18.2 Å². The fourth-order valence-electron chi connectivity index (χ4n) is 5.26. The van der Waals surface area contributed by atoms with Gasteiger partial charge in [-0.15, -0.1) is 5.10 Å². The van der Waals surface area contributed by atoms with Gasteiger partial charge in [0.25, 0.3) is 11.5 Å². The first-order valence-electron chi connectivity index (χ1n) is 13.0. The Balaban J connectivity index is 1.28. The molecule has 13 nitrogen and oxygen atoms in total. The number of aromatic nitrogens is 9. The van der Waals surface area contributed by atoms with Gasteiger partial charge in [0.05, 0.1) is 12.6 Å². The van der Waals surface area contributed by atoms with Crippen molar-refractivity contribution in [1.29, 1.82) is 0 Å². The van der Waals surface area contributed by atoms with Gasteiger partial charge in [0.1, 0.15) is 5.84 Å². The van der Waals surface area contributed by atoms with Crippen LogP contribution in [0.5, 0.6) is 0 Å². The Morgan fingerprint density at radius 2 is 1.98 bits per heavy atom. The first kappa shape index (κ1) is 24.0. The molecular weight excluding hydrogens is 508 g/mol. The van der Waals surface area contributed by atoms with Gasteiger partial charge in [-0.2, -0.15) is 9.78 Å². The number of fused-ring (bicyclic) bond motifs is 1. The van der Waals surface area contributed by atoms with Crippen molar-refractivity contribution in [2.45, 2.75) is 18.8 Å². The van der Waals surface area contributed by atoms with Crippen molar-refractivity contribution >= 4 is 28.5 Å². The minimum Gasteiger partial charge on any atom is -0.324 e. The molecule has 0 spiro atoms. The molecule has 1 N–H and O–H groups in total. The second kappa shape index (κ2) is 9.61. The Morgan fingerprint density at radius 1 is 1.10 bits per heavy atom. The molecule has 0 radical (unpaired) electrons. The summed E-state index contributed by atoms with van der Waals surface area (Å²) in [5, 5.41) is 16.2. The van der Waals surface area contributed by atoms with Gasteiger partial charge >= 0.3 is 0 Å². The summed E-state index contributed by atoms with van der Waals surface area (Å²) in [6.07, 6.45) is 10.2. The summed E-state index contributed by atoms with van der Waals surface area (Å²) >= 11 is 0. The number of pyridine rings is 1. The largest absolute Gasteiger partial charge is 0.324 e. The standard InChI is InChI=1S/C27H26N12O/c1-36-12-9-18(16-36)17-5-7-20(8-6-17)31-26-30-15-19-14-21(24-29-11-13-38(24)27-33-35-37(2)34-27)25(40)39(23(19)32-26)22-4-3-10-28-22/h3,5-8,10-11,13-15,18H,4,9,12,16H2,1-2H3,(H,30,31,32). The molecule has 1 fully saturated rings. The van der Waals surface area contributed by atoms with Crippen LogP contribution in [-0.2, 0) is 7.05 Å². The number of likely N-dealkylation sites (tertiary alicyclic amines) is 1. The van der Waals surface area contributed by atoms with E-state index in [1.165, 1.54) is 21.3 Å². The Hall–Kier alpha value is -5.04. The second-order valence-corrected chi connectivity index (χ2v) is 10.00. The maximum absolute atomic E-state index is 14.0. The lowest BCUT2D eigenvalue weighted by atomic mass is 9.98. The van der Waals surface area contributed by atoms with E-state index in [2.05, 4.69) is 59.8 Å². The Morgan fingerprint density at radius 3 is 2.70 bits per heavy atom. The predicted octanol–water partition coefficient (Wildman–Crippen LogP) is 2.49. The van der Waals surface area contributed by atoms with Crippen molar-refractivity contribution < 1.29 is 0 Å². The number of aliphatic imine (C=N–C) groups is 1. The quantitative estimate of drug-likeness (QED) is 0.360. The second-order valence-electron chi connectivity index (χ2n) is 10.00. The van der Waals surface area contributed by atoms with Crippen molar-refractivity contribution in [2.75, 3.05) is 25.5 Å². The van der Waals surface area contributed by atoms with Crippen LogP contribution in [0, 0.1) is 0 Å². The van der Waals surface area contributed by atoms with Crippen LogP contribution < -0.4 is 10.9 Å². The number of tetrazole rings is 1. The molecule has 200 valence electrons. The monoisotopic (exact) mass is 534 g/mol. The molecule has 40 heavy (non-hydrogen) atoms. The number of hydrogen-bond donors (Lipinski definition) is 1. The molecule has 0 saturated carbocycles. The normalized spacial score (nSPS) is 17.1. The molecule has 0 bridgehead atoms. The first-order valence-corrected chi connectivity index (χ1v) is 13.0. The molecule has 1 atom stereocenters. The van der Waals surface area contributed by atoms with Crippen LogP contribution in [0.4, 0.5) is 11.6 Å². The number of nitrogens with one attached hydrogen (secondary N) is 1. The van der Waals surface area contributed by atoms with Crippen molar-refractivity contribution in [2.24, 2.45) is 12.0 Å². The lowest BCUT2D eigenvalue weighted by Gasteiger charge is -2.14. The highest BCUT2D eigenvalue weighted by atomic mass is 16.1. The number of hydrogen-bond acceptors (Lipinski definition) is 10. The number of anilines is 2. The van der Waals surface area contributed by atoms with Crippen molar-refractivity contribution in [3.05, 3.63) is 77.1 Å². The molecule has 6 heterocycles. The van der Waals surface area contributed by atoms with Gasteiger partial charge in [-0.05, 0) is 54.9 Å². The lowest BCUT2D eigenvalue weighted by Crippen LogP contribution is -2.29. The van der Waals surface area contributed by atoms with Crippen molar-refractivity contribution in [1.82, 2.24) is 49.2 Å². The van der Waals surface area contributed by atoms with E-state index in [4.69, 9.17) is 4.98 Å². The number of benzene rings is 1. The summed E-state index contributed by atoms with van der Waals surface area (Å²) in [6.45, 7) is 2.20. The summed E-state index contributed by atoms with van der Waals surface area (Å²) in [5.74, 6) is 2.21. The van der Waals surface area contributed by atoms with Gasteiger partial charge in [-0.1, -0.05) is 23.3 Å². The number of imidazole rings is 1. The molecule has 4 aromatic heterocycles. The van der Waals surface area contributed by atoms with Gasteiger partial charge in [0, 0.05) is 48.8 Å². The molecular formula is C27H26N12O. The number of rotatable bonds is 5. The lowest BCUT2D eigenvalue weighted by molar-refractivity contribution is 0.411. The molecule has 5 aromatic rings. The fraction of sp³-hybridized carbons (Fsp3) is 0.259. The Kier molecular flexibility index (Phi) is 5.77. The highest BCUT2D eigenvalue weighted by molar-refractivity contribution is 5.96. The predicted molar refractivity (Wildman–Crippen MR) is 150 cm³/mol. The first-order chi connectivity index (χ1) is 19.5. The summed E-state index contributed by atoms with van der Waals surface area (Å²) in [4.78, 5) is 35.9. The molecule has 1 unspecified atom stereocenters. The van der Waals surface area contributed by atoms with E-state index < -0.39 is 0 Å². The third-order valence-corrected chi connectivity index (χ3v) is 7.25. The Bertz CT molecular complexity index is 1850. The van der Waals surface area contributed by atoms with E-state index in [-0.39, 0.29) is 5.56 Å².